The third-order valence-corrected chi connectivity index (χ3v) is 3.18. The van der Waals surface area contributed by atoms with Gasteiger partial charge in [-0.2, -0.15) is 0 Å². The maximum atomic E-state index is 11.8. The van der Waals surface area contributed by atoms with Crippen LogP contribution < -0.4 is 0 Å². The second-order valence-corrected chi connectivity index (χ2v) is 4.65. The van der Waals surface area contributed by atoms with Crippen molar-refractivity contribution in [3.63, 3.8) is 0 Å². The van der Waals surface area contributed by atoms with Crippen LogP contribution in [0.1, 0.15) is 42.5 Å². The van der Waals surface area contributed by atoms with Gasteiger partial charge in [0.2, 0.25) is 0 Å². The van der Waals surface area contributed by atoms with E-state index in [9.17, 15) is 4.79 Å². The number of Topliss-reactive ketones (excluding diaryl/α,β-unsaturated/α-hetero) is 1. The highest BCUT2D eigenvalue weighted by atomic mass is 79.9. The molecule has 0 aliphatic heterocycles. The molecule has 0 fully saturated rings. The molecular formula is C14H17BrO. The van der Waals surface area contributed by atoms with E-state index in [2.05, 4.69) is 22.5 Å². The summed E-state index contributed by atoms with van der Waals surface area (Å²) in [6, 6.07) is 7.60. The van der Waals surface area contributed by atoms with Gasteiger partial charge in [0.05, 0.1) is 0 Å². The number of carbonyl (C=O) groups is 1. The van der Waals surface area contributed by atoms with Crippen molar-refractivity contribution in [2.75, 3.05) is 0 Å². The van der Waals surface area contributed by atoms with Gasteiger partial charge in [0.15, 0.2) is 5.78 Å². The number of benzene rings is 1. The molecule has 0 amide bonds. The second kappa shape index (κ2) is 7.39. The number of carbonyl (C=O) groups excluding carboxylic acids is 1. The molecular weight excluding hydrogens is 264 g/mol. The van der Waals surface area contributed by atoms with Gasteiger partial charge in [-0.1, -0.05) is 46.6 Å². The molecule has 0 N–H and O–H groups in total. The van der Waals surface area contributed by atoms with Crippen molar-refractivity contribution in [1.29, 1.82) is 0 Å². The zero-order chi connectivity index (χ0) is 11.8. The topological polar surface area (TPSA) is 17.1 Å². The van der Waals surface area contributed by atoms with Crippen LogP contribution in [-0.4, -0.2) is 5.78 Å². The van der Waals surface area contributed by atoms with Crippen molar-refractivity contribution in [1.82, 2.24) is 0 Å². The summed E-state index contributed by atoms with van der Waals surface area (Å²) in [7, 11) is 0. The zero-order valence-corrected chi connectivity index (χ0v) is 11.0. The van der Waals surface area contributed by atoms with Crippen molar-refractivity contribution in [3.05, 3.63) is 47.0 Å². The molecule has 0 bridgehead atoms. The first kappa shape index (κ1) is 13.2. The third kappa shape index (κ3) is 4.31. The number of rotatable bonds is 7. The van der Waals surface area contributed by atoms with Crippen LogP contribution >= 0.6 is 15.9 Å². The highest BCUT2D eigenvalue weighted by Crippen LogP contribution is 2.18. The molecule has 1 nitrogen and oxygen atoms in total. The molecule has 2 heteroatoms. The highest BCUT2D eigenvalue weighted by Gasteiger charge is 2.08. The Balaban J connectivity index is 2.36. The smallest absolute Gasteiger partial charge is 0.164 e. The second-order valence-electron chi connectivity index (χ2n) is 3.79. The fraction of sp³-hybridized carbons (Fsp3) is 0.357. The fourth-order valence-electron chi connectivity index (χ4n) is 1.57. The molecule has 0 radical (unpaired) electrons. The monoisotopic (exact) mass is 280 g/mol. The lowest BCUT2D eigenvalue weighted by Gasteiger charge is -2.03. The minimum Gasteiger partial charge on any atom is -0.294 e. The summed E-state index contributed by atoms with van der Waals surface area (Å²) < 4.78 is 0.895. The van der Waals surface area contributed by atoms with Gasteiger partial charge in [0, 0.05) is 16.5 Å². The molecule has 0 aliphatic rings. The predicted octanol–water partition coefficient (Wildman–Crippen LogP) is 4.77. The van der Waals surface area contributed by atoms with E-state index in [0.717, 1.165) is 35.7 Å². The van der Waals surface area contributed by atoms with Gasteiger partial charge in [-0.15, -0.1) is 6.58 Å². The van der Waals surface area contributed by atoms with Gasteiger partial charge < -0.3 is 0 Å². The Morgan fingerprint density at radius 3 is 2.69 bits per heavy atom. The van der Waals surface area contributed by atoms with E-state index in [4.69, 9.17) is 0 Å². The van der Waals surface area contributed by atoms with Crippen LogP contribution in [0, 0.1) is 0 Å². The van der Waals surface area contributed by atoms with Crippen LogP contribution in [0.15, 0.2) is 41.4 Å². The number of allylic oxidation sites excluding steroid dienone is 1. The summed E-state index contributed by atoms with van der Waals surface area (Å²) in [5.41, 5.74) is 0.797. The summed E-state index contributed by atoms with van der Waals surface area (Å²) in [4.78, 5) is 11.8. The summed E-state index contributed by atoms with van der Waals surface area (Å²) in [6.45, 7) is 3.68. The Hall–Kier alpha value is -0.890. The first-order valence-electron chi connectivity index (χ1n) is 5.64. The standard InChI is InChI=1S/C14H17BrO/c1-2-3-4-5-6-11-14(16)12-9-7-8-10-13(12)15/h2,7-10H,1,3-6,11H2. The fourth-order valence-corrected chi connectivity index (χ4v) is 2.08. The molecule has 1 aromatic rings. The summed E-state index contributed by atoms with van der Waals surface area (Å²) in [5.74, 6) is 0.228. The lowest BCUT2D eigenvalue weighted by molar-refractivity contribution is 0.0978. The number of halogens is 1. The van der Waals surface area contributed by atoms with Gasteiger partial charge in [-0.25, -0.2) is 0 Å². The Kier molecular flexibility index (Phi) is 6.09. The molecule has 86 valence electrons. The summed E-state index contributed by atoms with van der Waals surface area (Å²) in [5, 5.41) is 0. The summed E-state index contributed by atoms with van der Waals surface area (Å²) in [6.07, 6.45) is 6.81. The Bertz CT molecular complexity index is 358. The van der Waals surface area contributed by atoms with Crippen molar-refractivity contribution < 1.29 is 4.79 Å². The Labute approximate surface area is 106 Å². The lowest BCUT2D eigenvalue weighted by atomic mass is 10.0. The minimum atomic E-state index is 0.228. The maximum absolute atomic E-state index is 11.8. The molecule has 0 aliphatic carbocycles. The molecule has 0 aromatic heterocycles. The molecule has 1 aromatic carbocycles. The molecule has 0 spiro atoms. The minimum absolute atomic E-state index is 0.228. The van der Waals surface area contributed by atoms with Crippen LogP contribution in [0.2, 0.25) is 0 Å². The molecule has 0 atom stereocenters. The SMILES string of the molecule is C=CCCCCCC(=O)c1ccccc1Br. The van der Waals surface area contributed by atoms with Gasteiger partial charge >= 0.3 is 0 Å². The lowest BCUT2D eigenvalue weighted by Crippen LogP contribution is -1.99. The normalized spacial score (nSPS) is 10.1. The number of hydrogen-bond acceptors (Lipinski definition) is 1. The van der Waals surface area contributed by atoms with Crippen LogP contribution in [0.5, 0.6) is 0 Å². The van der Waals surface area contributed by atoms with Gasteiger partial charge in [-0.05, 0) is 25.3 Å². The van der Waals surface area contributed by atoms with Crippen molar-refractivity contribution in [2.45, 2.75) is 32.1 Å². The van der Waals surface area contributed by atoms with Crippen LogP contribution in [0.4, 0.5) is 0 Å². The third-order valence-electron chi connectivity index (χ3n) is 2.49. The van der Waals surface area contributed by atoms with E-state index in [-0.39, 0.29) is 5.78 Å². The first-order chi connectivity index (χ1) is 7.75. The number of ketones is 1. The Morgan fingerprint density at radius 2 is 2.00 bits per heavy atom. The van der Waals surface area contributed by atoms with Crippen molar-refractivity contribution in [2.24, 2.45) is 0 Å². The zero-order valence-electron chi connectivity index (χ0n) is 9.42. The average molecular weight is 281 g/mol. The molecule has 0 heterocycles. The summed E-state index contributed by atoms with van der Waals surface area (Å²) >= 11 is 3.40. The molecule has 0 saturated heterocycles. The van der Waals surface area contributed by atoms with Gasteiger partial charge in [0.25, 0.3) is 0 Å². The maximum Gasteiger partial charge on any atom is 0.164 e. The van der Waals surface area contributed by atoms with E-state index in [1.807, 2.05) is 30.3 Å². The van der Waals surface area contributed by atoms with Gasteiger partial charge in [-0.3, -0.25) is 4.79 Å². The highest BCUT2D eigenvalue weighted by molar-refractivity contribution is 9.10. The molecule has 1 rings (SSSR count). The van der Waals surface area contributed by atoms with E-state index >= 15 is 0 Å². The number of unbranched alkanes of at least 4 members (excludes halogenated alkanes) is 3. The van der Waals surface area contributed by atoms with Gasteiger partial charge in [0.1, 0.15) is 0 Å². The quantitative estimate of drug-likeness (QED) is 0.400. The van der Waals surface area contributed by atoms with Crippen LogP contribution in [0.3, 0.4) is 0 Å². The largest absolute Gasteiger partial charge is 0.294 e. The Morgan fingerprint density at radius 1 is 1.25 bits per heavy atom. The van der Waals surface area contributed by atoms with Crippen LogP contribution in [0.25, 0.3) is 0 Å². The molecule has 0 unspecified atom stereocenters. The average Bonchev–Trinajstić information content (AvgIpc) is 2.29. The number of hydrogen-bond donors (Lipinski definition) is 0. The molecule has 0 saturated carbocycles. The molecule has 16 heavy (non-hydrogen) atoms. The van der Waals surface area contributed by atoms with E-state index in [1.54, 1.807) is 0 Å². The van der Waals surface area contributed by atoms with E-state index in [1.165, 1.54) is 0 Å². The van der Waals surface area contributed by atoms with Crippen molar-refractivity contribution in [3.8, 4) is 0 Å². The van der Waals surface area contributed by atoms with E-state index in [0.29, 0.717) is 6.42 Å². The van der Waals surface area contributed by atoms with Crippen LogP contribution in [-0.2, 0) is 0 Å². The first-order valence-corrected chi connectivity index (χ1v) is 6.43. The predicted molar refractivity (Wildman–Crippen MR) is 71.8 cm³/mol. The van der Waals surface area contributed by atoms with E-state index < -0.39 is 0 Å². The van der Waals surface area contributed by atoms with Crippen molar-refractivity contribution >= 4 is 21.7 Å².